The maximum Gasteiger partial charge on any atom is 0.333 e. The first-order chi connectivity index (χ1) is 32.5. The molecule has 364 valence electrons. The van der Waals surface area contributed by atoms with Gasteiger partial charge in [-0.25, -0.2) is 4.79 Å². The van der Waals surface area contributed by atoms with Gasteiger partial charge in [0.1, 0.15) is 5.75 Å². The maximum absolute atomic E-state index is 12.3. The summed E-state index contributed by atoms with van der Waals surface area (Å²) in [7, 11) is 0. The lowest BCUT2D eigenvalue weighted by molar-refractivity contribution is -0.141. The lowest BCUT2D eigenvalue weighted by Gasteiger charge is -2.30. The molecule has 0 atom stereocenters. The second kappa shape index (κ2) is 27.3. The zero-order valence-corrected chi connectivity index (χ0v) is 42.0. The monoisotopic (exact) mass is 915 g/mol. The number of hydrogen-bond acceptors (Lipinski definition) is 7. The van der Waals surface area contributed by atoms with E-state index in [1.807, 2.05) is 0 Å². The Morgan fingerprint density at radius 1 is 0.612 bits per heavy atom. The Bertz CT molecular complexity index is 2170. The van der Waals surface area contributed by atoms with E-state index in [-0.39, 0.29) is 25.8 Å². The van der Waals surface area contributed by atoms with Crippen LogP contribution in [0.15, 0.2) is 84.9 Å². The standard InChI is InChI=1S/C60H82O7/c1-8-12-14-17-45-20-22-48(23-21-45)49-24-26-50(27-25-49)56-30-28-51(37-46(56)10-3)52-29-31-57(47(11-4)38-52)55-39-53(18-15-34-65-44(7)63)58(54(40-55)19-16-35-67-59(64)43(5)6)66-36-33-60(41-61,42-62)32-13-9-2/h24-31,37-40,45,48,61-62H,5,8-23,32-36,41-42H2,1-4,6-7H3. The van der Waals surface area contributed by atoms with Gasteiger partial charge in [-0.05, 0) is 169 Å². The summed E-state index contributed by atoms with van der Waals surface area (Å²) in [6, 6.07) is 27.6. The molecular weight excluding hydrogens is 833 g/mol. The van der Waals surface area contributed by atoms with Gasteiger partial charge in [0.05, 0.1) is 33.0 Å². The predicted molar refractivity (Wildman–Crippen MR) is 276 cm³/mol. The summed E-state index contributed by atoms with van der Waals surface area (Å²) >= 11 is 0. The van der Waals surface area contributed by atoms with Crippen LogP contribution in [0.4, 0.5) is 0 Å². The third-order valence-electron chi connectivity index (χ3n) is 14.3. The summed E-state index contributed by atoms with van der Waals surface area (Å²) in [4.78, 5) is 24.0. The Morgan fingerprint density at radius 3 is 1.67 bits per heavy atom. The molecule has 1 fully saturated rings. The summed E-state index contributed by atoms with van der Waals surface area (Å²) in [5.74, 6) is 1.64. The van der Waals surface area contributed by atoms with Crippen molar-refractivity contribution in [2.75, 3.05) is 33.0 Å². The average Bonchev–Trinajstić information content (AvgIpc) is 3.35. The molecule has 0 aromatic heterocycles. The molecule has 0 bridgehead atoms. The Labute approximate surface area is 403 Å². The van der Waals surface area contributed by atoms with Gasteiger partial charge in [-0.2, -0.15) is 0 Å². The third-order valence-corrected chi connectivity index (χ3v) is 14.3. The van der Waals surface area contributed by atoms with Crippen LogP contribution < -0.4 is 4.74 Å². The first kappa shape index (κ1) is 53.2. The molecule has 7 heteroatoms. The van der Waals surface area contributed by atoms with Crippen molar-refractivity contribution in [3.05, 3.63) is 113 Å². The van der Waals surface area contributed by atoms with E-state index in [1.165, 1.54) is 97.2 Å². The zero-order chi connectivity index (χ0) is 48.2. The molecule has 1 saturated carbocycles. The molecule has 4 aromatic rings. The summed E-state index contributed by atoms with van der Waals surface area (Å²) in [5.41, 5.74) is 13.0. The van der Waals surface area contributed by atoms with Crippen molar-refractivity contribution in [1.29, 1.82) is 0 Å². The number of hydrogen-bond donors (Lipinski definition) is 2. The summed E-state index contributed by atoms with van der Waals surface area (Å²) < 4.78 is 17.5. The number of esters is 2. The zero-order valence-electron chi connectivity index (χ0n) is 42.0. The van der Waals surface area contributed by atoms with Crippen molar-refractivity contribution in [2.24, 2.45) is 11.3 Å². The molecular formula is C60H82O7. The van der Waals surface area contributed by atoms with E-state index in [0.717, 1.165) is 59.6 Å². The lowest BCUT2D eigenvalue weighted by atomic mass is 9.77. The van der Waals surface area contributed by atoms with E-state index in [2.05, 4.69) is 107 Å². The smallest absolute Gasteiger partial charge is 0.333 e. The summed E-state index contributed by atoms with van der Waals surface area (Å²) in [5, 5.41) is 20.8. The number of ether oxygens (including phenoxy) is 3. The first-order valence-corrected chi connectivity index (χ1v) is 25.8. The van der Waals surface area contributed by atoms with Crippen LogP contribution in [-0.4, -0.2) is 55.2 Å². The van der Waals surface area contributed by atoms with E-state index in [0.29, 0.717) is 63.2 Å². The fourth-order valence-corrected chi connectivity index (χ4v) is 10.0. The van der Waals surface area contributed by atoms with Gasteiger partial charge in [0.25, 0.3) is 0 Å². The molecule has 7 nitrogen and oxygen atoms in total. The van der Waals surface area contributed by atoms with Crippen molar-refractivity contribution < 1.29 is 34.0 Å². The van der Waals surface area contributed by atoms with Crippen molar-refractivity contribution in [3.8, 4) is 39.1 Å². The molecule has 0 saturated heterocycles. The van der Waals surface area contributed by atoms with Crippen LogP contribution in [-0.2, 0) is 44.7 Å². The fourth-order valence-electron chi connectivity index (χ4n) is 10.0. The van der Waals surface area contributed by atoms with Crippen LogP contribution in [0.5, 0.6) is 5.75 Å². The Hall–Kier alpha value is -4.72. The van der Waals surface area contributed by atoms with Crippen molar-refractivity contribution in [2.45, 2.75) is 163 Å². The molecule has 67 heavy (non-hydrogen) atoms. The van der Waals surface area contributed by atoms with Crippen LogP contribution in [0.25, 0.3) is 33.4 Å². The highest BCUT2D eigenvalue weighted by molar-refractivity contribution is 5.87. The molecule has 4 aromatic carbocycles. The van der Waals surface area contributed by atoms with Gasteiger partial charge >= 0.3 is 11.9 Å². The largest absolute Gasteiger partial charge is 0.493 e. The first-order valence-electron chi connectivity index (χ1n) is 25.8. The number of aliphatic hydroxyl groups excluding tert-OH is 2. The number of carbonyl (C=O) groups is 2. The van der Waals surface area contributed by atoms with Crippen molar-refractivity contribution in [1.82, 2.24) is 0 Å². The number of unbranched alkanes of at least 4 members (excludes halogenated alkanes) is 3. The quantitative estimate of drug-likeness (QED) is 0.0332. The number of benzene rings is 4. The average molecular weight is 915 g/mol. The normalized spacial score (nSPS) is 15.0. The van der Waals surface area contributed by atoms with Crippen molar-refractivity contribution >= 4 is 11.9 Å². The van der Waals surface area contributed by atoms with E-state index in [9.17, 15) is 19.8 Å². The van der Waals surface area contributed by atoms with E-state index in [1.54, 1.807) is 6.92 Å². The van der Waals surface area contributed by atoms with Gasteiger partial charge in [-0.3, -0.25) is 4.79 Å². The highest BCUT2D eigenvalue weighted by Gasteiger charge is 2.29. The molecule has 1 aliphatic carbocycles. The summed E-state index contributed by atoms with van der Waals surface area (Å²) in [6.45, 7) is 16.3. The minimum absolute atomic E-state index is 0.116. The molecule has 0 spiro atoms. The van der Waals surface area contributed by atoms with E-state index < -0.39 is 11.4 Å². The molecule has 0 unspecified atom stereocenters. The maximum atomic E-state index is 12.3. The van der Waals surface area contributed by atoms with Crippen LogP contribution in [0.2, 0.25) is 0 Å². The molecule has 0 radical (unpaired) electrons. The minimum atomic E-state index is -0.629. The Balaban J connectivity index is 1.43. The van der Waals surface area contributed by atoms with Gasteiger partial charge < -0.3 is 24.4 Å². The van der Waals surface area contributed by atoms with Crippen LogP contribution in [0.3, 0.4) is 0 Å². The van der Waals surface area contributed by atoms with Gasteiger partial charge in [0, 0.05) is 17.9 Å². The second-order valence-electron chi connectivity index (χ2n) is 19.4. The van der Waals surface area contributed by atoms with Crippen LogP contribution in [0.1, 0.15) is 165 Å². The van der Waals surface area contributed by atoms with Crippen LogP contribution in [0, 0.1) is 11.3 Å². The van der Waals surface area contributed by atoms with E-state index in [4.69, 9.17) is 14.2 Å². The molecule has 1 aliphatic rings. The molecule has 0 aliphatic heterocycles. The fraction of sp³-hybridized carbons (Fsp3) is 0.533. The second-order valence-corrected chi connectivity index (χ2v) is 19.4. The van der Waals surface area contributed by atoms with Gasteiger partial charge in [0.2, 0.25) is 0 Å². The number of aryl methyl sites for hydroxylation is 4. The van der Waals surface area contributed by atoms with Gasteiger partial charge in [0.15, 0.2) is 0 Å². The molecule has 2 N–H and O–H groups in total. The molecule has 0 amide bonds. The Morgan fingerprint density at radius 2 is 1.15 bits per heavy atom. The Kier molecular flexibility index (Phi) is 21.7. The number of aliphatic hydroxyl groups is 2. The molecule has 0 heterocycles. The van der Waals surface area contributed by atoms with E-state index >= 15 is 0 Å². The SMILES string of the molecule is C=C(C)C(=O)OCCCc1cc(-c2ccc(-c3ccc(-c4ccc(C5CCC(CCCCC)CC5)cc4)c(CC)c3)cc2CC)cc(CCCOC(C)=O)c1OCCC(CO)(CO)CCCC. The van der Waals surface area contributed by atoms with Crippen LogP contribution >= 0.6 is 0 Å². The minimum Gasteiger partial charge on any atom is -0.493 e. The molecule has 5 rings (SSSR count). The van der Waals surface area contributed by atoms with Gasteiger partial charge in [-0.1, -0.05) is 133 Å². The topological polar surface area (TPSA) is 102 Å². The highest BCUT2D eigenvalue weighted by Crippen LogP contribution is 2.40. The number of rotatable bonds is 28. The van der Waals surface area contributed by atoms with Crippen molar-refractivity contribution in [3.63, 3.8) is 0 Å². The van der Waals surface area contributed by atoms with Gasteiger partial charge in [-0.15, -0.1) is 0 Å². The summed E-state index contributed by atoms with van der Waals surface area (Å²) in [6.07, 6.45) is 18.1. The number of carbonyl (C=O) groups excluding carboxylic acids is 2. The third kappa shape index (κ3) is 15.4. The predicted octanol–water partition coefficient (Wildman–Crippen LogP) is 14.1. The lowest BCUT2D eigenvalue weighted by Crippen LogP contribution is -2.32. The highest BCUT2D eigenvalue weighted by atomic mass is 16.5.